The van der Waals surface area contributed by atoms with E-state index in [4.69, 9.17) is 0 Å². The van der Waals surface area contributed by atoms with Crippen molar-refractivity contribution in [3.05, 3.63) is 0 Å². The number of ketones is 1. The maximum atomic E-state index is 12.4. The first-order valence-electron chi connectivity index (χ1n) is 9.98. The van der Waals surface area contributed by atoms with Crippen LogP contribution in [0.5, 0.6) is 0 Å². The predicted octanol–water partition coefficient (Wildman–Crippen LogP) is 3.09. The molecule has 0 bridgehead atoms. The SMILES string of the molecule is CC(C)(C)C(=O)CCNC(=O)CCCCCN1C(=O)CC(C(C)(C)C)C1=O. The van der Waals surface area contributed by atoms with Crippen molar-refractivity contribution in [2.24, 2.45) is 16.7 Å². The molecule has 3 amide bonds. The van der Waals surface area contributed by atoms with Gasteiger partial charge in [0, 0.05) is 37.8 Å². The highest BCUT2D eigenvalue weighted by Gasteiger charge is 2.44. The molecule has 1 rings (SSSR count). The predicted molar refractivity (Wildman–Crippen MR) is 105 cm³/mol. The van der Waals surface area contributed by atoms with Crippen LogP contribution in [0.3, 0.4) is 0 Å². The van der Waals surface area contributed by atoms with E-state index in [0.717, 1.165) is 6.42 Å². The summed E-state index contributed by atoms with van der Waals surface area (Å²) >= 11 is 0. The van der Waals surface area contributed by atoms with Crippen LogP contribution in [0.1, 0.15) is 80.1 Å². The summed E-state index contributed by atoms with van der Waals surface area (Å²) in [5.74, 6) is -0.296. The Hall–Kier alpha value is -1.72. The quantitative estimate of drug-likeness (QED) is 0.492. The van der Waals surface area contributed by atoms with Gasteiger partial charge in [0.1, 0.15) is 5.78 Å². The molecule has 27 heavy (non-hydrogen) atoms. The summed E-state index contributed by atoms with van der Waals surface area (Å²) in [5, 5.41) is 2.78. The number of unbranched alkanes of at least 4 members (excludes halogenated alkanes) is 2. The van der Waals surface area contributed by atoms with E-state index in [1.54, 1.807) is 0 Å². The van der Waals surface area contributed by atoms with Gasteiger partial charge < -0.3 is 5.32 Å². The highest BCUT2D eigenvalue weighted by Crippen LogP contribution is 2.35. The van der Waals surface area contributed by atoms with Crippen molar-refractivity contribution in [2.45, 2.75) is 80.1 Å². The molecular weight excluding hydrogens is 344 g/mol. The monoisotopic (exact) mass is 380 g/mol. The normalized spacial score (nSPS) is 18.1. The molecule has 1 atom stereocenters. The second-order valence-corrected chi connectivity index (χ2v) is 9.59. The van der Waals surface area contributed by atoms with Gasteiger partial charge in [0.15, 0.2) is 0 Å². The maximum Gasteiger partial charge on any atom is 0.233 e. The smallest absolute Gasteiger partial charge is 0.233 e. The van der Waals surface area contributed by atoms with E-state index < -0.39 is 0 Å². The Morgan fingerprint density at radius 1 is 1.00 bits per heavy atom. The van der Waals surface area contributed by atoms with Gasteiger partial charge in [-0.05, 0) is 18.3 Å². The molecule has 1 aliphatic rings. The largest absolute Gasteiger partial charge is 0.356 e. The van der Waals surface area contributed by atoms with E-state index >= 15 is 0 Å². The van der Waals surface area contributed by atoms with Crippen molar-refractivity contribution in [1.29, 1.82) is 0 Å². The fraction of sp³-hybridized carbons (Fsp3) is 0.810. The molecule has 0 aromatic rings. The first-order valence-corrected chi connectivity index (χ1v) is 9.98. The molecule has 1 fully saturated rings. The average Bonchev–Trinajstić information content (AvgIpc) is 2.81. The minimum absolute atomic E-state index is 0.0576. The van der Waals surface area contributed by atoms with E-state index in [1.165, 1.54) is 4.90 Å². The third kappa shape index (κ3) is 7.43. The Kier molecular flexibility index (Phi) is 8.18. The zero-order valence-corrected chi connectivity index (χ0v) is 17.8. The van der Waals surface area contributed by atoms with Gasteiger partial charge in [-0.1, -0.05) is 48.0 Å². The van der Waals surface area contributed by atoms with Crippen molar-refractivity contribution in [3.63, 3.8) is 0 Å². The average molecular weight is 381 g/mol. The number of imide groups is 1. The number of nitrogens with zero attached hydrogens (tertiary/aromatic N) is 1. The molecule has 0 aromatic heterocycles. The van der Waals surface area contributed by atoms with Gasteiger partial charge in [-0.2, -0.15) is 0 Å². The number of Topliss-reactive ketones (excluding diaryl/α,β-unsaturated/α-hetero) is 1. The van der Waals surface area contributed by atoms with Gasteiger partial charge in [-0.3, -0.25) is 24.1 Å². The van der Waals surface area contributed by atoms with Crippen LogP contribution in [0.25, 0.3) is 0 Å². The molecule has 1 heterocycles. The number of carbonyl (C=O) groups is 4. The van der Waals surface area contributed by atoms with Crippen LogP contribution in [-0.2, 0) is 19.2 Å². The maximum absolute atomic E-state index is 12.4. The third-order valence-corrected chi connectivity index (χ3v) is 5.09. The summed E-state index contributed by atoms with van der Waals surface area (Å²) in [6, 6.07) is 0. The lowest BCUT2D eigenvalue weighted by Crippen LogP contribution is -2.34. The molecule has 0 radical (unpaired) electrons. The Bertz CT molecular complexity index is 570. The lowest BCUT2D eigenvalue weighted by Gasteiger charge is -2.24. The minimum atomic E-state index is -0.374. The van der Waals surface area contributed by atoms with Gasteiger partial charge in [-0.25, -0.2) is 0 Å². The summed E-state index contributed by atoms with van der Waals surface area (Å²) in [5.41, 5.74) is -0.574. The molecule has 6 nitrogen and oxygen atoms in total. The van der Waals surface area contributed by atoms with Crippen LogP contribution < -0.4 is 5.32 Å². The van der Waals surface area contributed by atoms with Gasteiger partial charge in [0.2, 0.25) is 17.7 Å². The van der Waals surface area contributed by atoms with Crippen molar-refractivity contribution < 1.29 is 19.2 Å². The molecular formula is C21H36N2O4. The van der Waals surface area contributed by atoms with Crippen LogP contribution >= 0.6 is 0 Å². The van der Waals surface area contributed by atoms with Gasteiger partial charge in [0.25, 0.3) is 0 Å². The molecule has 0 aliphatic carbocycles. The zero-order valence-electron chi connectivity index (χ0n) is 17.8. The Morgan fingerprint density at radius 2 is 1.63 bits per heavy atom. The number of hydrogen-bond acceptors (Lipinski definition) is 4. The number of carbonyl (C=O) groups excluding carboxylic acids is 4. The number of nitrogens with one attached hydrogen (secondary N) is 1. The highest BCUT2D eigenvalue weighted by molar-refractivity contribution is 6.03. The van der Waals surface area contributed by atoms with Crippen LogP contribution in [0.2, 0.25) is 0 Å². The number of amides is 3. The van der Waals surface area contributed by atoms with E-state index in [2.05, 4.69) is 5.32 Å². The molecule has 1 unspecified atom stereocenters. The molecule has 154 valence electrons. The van der Waals surface area contributed by atoms with Gasteiger partial charge in [0.05, 0.1) is 5.92 Å². The molecule has 0 aromatic carbocycles. The topological polar surface area (TPSA) is 83.6 Å². The van der Waals surface area contributed by atoms with E-state index in [0.29, 0.717) is 45.2 Å². The molecule has 1 aliphatic heterocycles. The Labute approximate surface area is 163 Å². The summed E-state index contributed by atoms with van der Waals surface area (Å²) in [6.45, 7) is 12.4. The first-order chi connectivity index (χ1) is 12.3. The van der Waals surface area contributed by atoms with Crippen molar-refractivity contribution in [1.82, 2.24) is 10.2 Å². The van der Waals surface area contributed by atoms with E-state index in [-0.39, 0.29) is 40.3 Å². The molecule has 0 saturated carbocycles. The van der Waals surface area contributed by atoms with Crippen molar-refractivity contribution in [3.8, 4) is 0 Å². The summed E-state index contributed by atoms with van der Waals surface area (Å²) in [4.78, 5) is 49.5. The third-order valence-electron chi connectivity index (χ3n) is 5.09. The second kappa shape index (κ2) is 9.47. The van der Waals surface area contributed by atoms with Gasteiger partial charge >= 0.3 is 0 Å². The Morgan fingerprint density at radius 3 is 2.15 bits per heavy atom. The first kappa shape index (κ1) is 23.3. The standard InChI is InChI=1S/C21H36N2O4/c1-20(2,3)15-14-18(26)23(19(15)27)13-9-7-8-10-17(25)22-12-11-16(24)21(4,5)6/h15H,7-14H2,1-6H3,(H,22,25). The van der Waals surface area contributed by atoms with Crippen LogP contribution in [0, 0.1) is 16.7 Å². The molecule has 1 saturated heterocycles. The number of hydrogen-bond donors (Lipinski definition) is 1. The molecule has 1 N–H and O–H groups in total. The Balaban J connectivity index is 2.20. The molecule has 0 spiro atoms. The summed E-state index contributed by atoms with van der Waals surface area (Å²) in [7, 11) is 0. The number of rotatable bonds is 9. The second-order valence-electron chi connectivity index (χ2n) is 9.59. The van der Waals surface area contributed by atoms with Crippen molar-refractivity contribution >= 4 is 23.5 Å². The zero-order chi connectivity index (χ0) is 20.8. The summed E-state index contributed by atoms with van der Waals surface area (Å²) in [6.07, 6.45) is 3.26. The fourth-order valence-electron chi connectivity index (χ4n) is 3.11. The molecule has 6 heteroatoms. The van der Waals surface area contributed by atoms with E-state index in [9.17, 15) is 19.2 Å². The lowest BCUT2D eigenvalue weighted by atomic mass is 9.80. The van der Waals surface area contributed by atoms with Crippen LogP contribution in [0.4, 0.5) is 0 Å². The summed E-state index contributed by atoms with van der Waals surface area (Å²) < 4.78 is 0. The van der Waals surface area contributed by atoms with E-state index in [1.807, 2.05) is 41.5 Å². The van der Waals surface area contributed by atoms with Crippen molar-refractivity contribution in [2.75, 3.05) is 13.1 Å². The lowest BCUT2D eigenvalue weighted by molar-refractivity contribution is -0.140. The number of likely N-dealkylation sites (tertiary alicyclic amines) is 1. The van der Waals surface area contributed by atoms with Gasteiger partial charge in [-0.15, -0.1) is 0 Å². The van der Waals surface area contributed by atoms with Crippen LogP contribution in [-0.4, -0.2) is 41.5 Å². The van der Waals surface area contributed by atoms with Crippen LogP contribution in [0.15, 0.2) is 0 Å². The minimum Gasteiger partial charge on any atom is -0.356 e. The fourth-order valence-corrected chi connectivity index (χ4v) is 3.11. The highest BCUT2D eigenvalue weighted by atomic mass is 16.2.